The molecule has 0 saturated heterocycles. The number of rotatable bonds is 7. The number of nitrogens with zero attached hydrogens (tertiary/aromatic N) is 1. The van der Waals surface area contributed by atoms with Crippen LogP contribution in [0.3, 0.4) is 0 Å². The van der Waals surface area contributed by atoms with Crippen molar-refractivity contribution in [2.45, 2.75) is 32.2 Å². The van der Waals surface area contributed by atoms with Crippen molar-refractivity contribution < 1.29 is 9.53 Å². The van der Waals surface area contributed by atoms with E-state index in [0.29, 0.717) is 18.0 Å². The van der Waals surface area contributed by atoms with Gasteiger partial charge < -0.3 is 10.1 Å². The molecule has 1 N–H and O–H groups in total. The van der Waals surface area contributed by atoms with Gasteiger partial charge in [-0.15, -0.1) is 0 Å². The molecular formula is C18H22N2O2. The highest BCUT2D eigenvalue weighted by atomic mass is 16.5. The Kier molecular flexibility index (Phi) is 5.15. The number of ether oxygens (including phenoxy) is 1. The lowest BCUT2D eigenvalue weighted by molar-refractivity contribution is -0.137. The van der Waals surface area contributed by atoms with Gasteiger partial charge in [0.25, 0.3) is 0 Å². The maximum Gasteiger partial charge on any atom is 0.339 e. The third-order valence-electron chi connectivity index (χ3n) is 3.64. The lowest BCUT2D eigenvalue weighted by atomic mass is 10.1. The molecule has 0 atom stereocenters. The maximum absolute atomic E-state index is 11.7. The van der Waals surface area contributed by atoms with Gasteiger partial charge in [-0.2, -0.15) is 0 Å². The normalized spacial score (nSPS) is 16.4. The molecule has 0 radical (unpaired) electrons. The summed E-state index contributed by atoms with van der Waals surface area (Å²) in [6.07, 6.45) is 5.28. The number of carbonyl (C=O) groups excluding carboxylic acids is 1. The average Bonchev–Trinajstić information content (AvgIpc) is 3.30. The van der Waals surface area contributed by atoms with E-state index < -0.39 is 0 Å². The van der Waals surface area contributed by atoms with Crippen molar-refractivity contribution in [1.82, 2.24) is 5.32 Å². The van der Waals surface area contributed by atoms with E-state index in [1.165, 1.54) is 11.8 Å². The molecular weight excluding hydrogens is 276 g/mol. The molecule has 1 aliphatic carbocycles. The van der Waals surface area contributed by atoms with Crippen LogP contribution in [0, 0.1) is 0 Å². The number of nitrogens with one attached hydrogen (secondary N) is 1. The molecule has 0 spiro atoms. The second kappa shape index (κ2) is 7.07. The van der Waals surface area contributed by atoms with E-state index >= 15 is 0 Å². The first-order valence-electron chi connectivity index (χ1n) is 7.51. The van der Waals surface area contributed by atoms with Gasteiger partial charge in [-0.1, -0.05) is 43.0 Å². The number of aliphatic imine (C=N–C) groups is 1. The van der Waals surface area contributed by atoms with E-state index in [4.69, 9.17) is 4.74 Å². The zero-order valence-corrected chi connectivity index (χ0v) is 13.1. The molecule has 2 rings (SSSR count). The van der Waals surface area contributed by atoms with Gasteiger partial charge in [0.15, 0.2) is 0 Å². The van der Waals surface area contributed by atoms with Gasteiger partial charge in [-0.3, -0.25) is 0 Å². The Hall–Kier alpha value is -2.36. The van der Waals surface area contributed by atoms with Gasteiger partial charge in [0.05, 0.1) is 17.7 Å². The third-order valence-corrected chi connectivity index (χ3v) is 3.64. The minimum absolute atomic E-state index is 0.0598. The van der Waals surface area contributed by atoms with E-state index in [9.17, 15) is 4.79 Å². The first kappa shape index (κ1) is 16.0. The van der Waals surface area contributed by atoms with Crippen LogP contribution in [0.1, 0.15) is 32.3 Å². The molecule has 116 valence electrons. The summed E-state index contributed by atoms with van der Waals surface area (Å²) in [6.45, 7) is 7.83. The predicted octanol–water partition coefficient (Wildman–Crippen LogP) is 3.32. The minimum atomic E-state index is -0.370. The monoisotopic (exact) mass is 298 g/mol. The van der Waals surface area contributed by atoms with Crippen LogP contribution in [-0.2, 0) is 15.1 Å². The van der Waals surface area contributed by atoms with Crippen LogP contribution in [0.5, 0.6) is 0 Å². The number of carbonyl (C=O) groups is 1. The fourth-order valence-electron chi connectivity index (χ4n) is 2.28. The minimum Gasteiger partial charge on any atom is -0.462 e. The third kappa shape index (κ3) is 3.85. The zero-order valence-electron chi connectivity index (χ0n) is 13.1. The number of hydrogen-bond donors (Lipinski definition) is 1. The van der Waals surface area contributed by atoms with Crippen LogP contribution >= 0.6 is 0 Å². The van der Waals surface area contributed by atoms with E-state index in [1.54, 1.807) is 19.9 Å². The Morgan fingerprint density at radius 3 is 2.64 bits per heavy atom. The topological polar surface area (TPSA) is 50.7 Å². The zero-order chi connectivity index (χ0) is 16.0. The molecule has 0 heterocycles. The van der Waals surface area contributed by atoms with Crippen LogP contribution in [0.25, 0.3) is 0 Å². The van der Waals surface area contributed by atoms with Gasteiger partial charge in [-0.25, -0.2) is 9.79 Å². The van der Waals surface area contributed by atoms with Gasteiger partial charge in [0.1, 0.15) is 5.82 Å². The first-order valence-corrected chi connectivity index (χ1v) is 7.51. The predicted molar refractivity (Wildman–Crippen MR) is 88.5 cm³/mol. The fourth-order valence-corrected chi connectivity index (χ4v) is 2.28. The summed E-state index contributed by atoms with van der Waals surface area (Å²) < 4.78 is 4.96. The van der Waals surface area contributed by atoms with Crippen LogP contribution in [-0.4, -0.2) is 18.8 Å². The molecule has 0 aromatic heterocycles. The van der Waals surface area contributed by atoms with Gasteiger partial charge in [0.2, 0.25) is 0 Å². The quantitative estimate of drug-likeness (QED) is 0.477. The average molecular weight is 298 g/mol. The Morgan fingerprint density at radius 1 is 1.41 bits per heavy atom. The Labute approximate surface area is 131 Å². The van der Waals surface area contributed by atoms with Crippen LogP contribution < -0.4 is 5.32 Å². The summed E-state index contributed by atoms with van der Waals surface area (Å²) in [4.78, 5) is 15.9. The lowest BCUT2D eigenvalue weighted by Crippen LogP contribution is -2.27. The lowest BCUT2D eigenvalue weighted by Gasteiger charge is -2.18. The summed E-state index contributed by atoms with van der Waals surface area (Å²) in [5.41, 5.74) is 1.60. The van der Waals surface area contributed by atoms with Crippen molar-refractivity contribution in [3.8, 4) is 0 Å². The summed E-state index contributed by atoms with van der Waals surface area (Å²) in [6, 6.07) is 10.3. The molecule has 0 bridgehead atoms. The highest BCUT2D eigenvalue weighted by Crippen LogP contribution is 2.46. The molecule has 0 unspecified atom stereocenters. The fraction of sp³-hybridized carbons (Fsp3) is 0.333. The molecule has 1 aliphatic rings. The molecule has 0 amide bonds. The van der Waals surface area contributed by atoms with Crippen LogP contribution in [0.2, 0.25) is 0 Å². The van der Waals surface area contributed by atoms with Crippen LogP contribution in [0.4, 0.5) is 0 Å². The van der Waals surface area contributed by atoms with Gasteiger partial charge in [-0.05, 0) is 32.3 Å². The van der Waals surface area contributed by atoms with E-state index in [-0.39, 0.29) is 11.5 Å². The molecule has 4 nitrogen and oxygen atoms in total. The smallest absolute Gasteiger partial charge is 0.339 e. The Bertz CT molecular complexity index is 599. The number of esters is 1. The van der Waals surface area contributed by atoms with Gasteiger partial charge >= 0.3 is 5.97 Å². The molecule has 1 fully saturated rings. The van der Waals surface area contributed by atoms with Crippen molar-refractivity contribution in [3.05, 3.63) is 59.9 Å². The maximum atomic E-state index is 11.7. The van der Waals surface area contributed by atoms with Gasteiger partial charge in [0, 0.05) is 6.21 Å². The standard InChI is InChI=1S/C18H22N2O2/c1-4-15(17(21)22-5-2)13-19-14(3)20-18(11-12-18)16-9-7-6-8-10-16/h4,6-10,13,20H,3,5,11-12H2,1-2H3/b15-4+,19-13-. The van der Waals surface area contributed by atoms with Crippen molar-refractivity contribution in [3.63, 3.8) is 0 Å². The summed E-state index contributed by atoms with van der Waals surface area (Å²) in [5.74, 6) is 0.177. The molecule has 0 aliphatic heterocycles. The largest absolute Gasteiger partial charge is 0.462 e. The number of allylic oxidation sites excluding steroid dienone is 1. The molecule has 1 aromatic rings. The van der Waals surface area contributed by atoms with Crippen molar-refractivity contribution >= 4 is 12.2 Å². The number of benzene rings is 1. The van der Waals surface area contributed by atoms with E-state index in [1.807, 2.05) is 18.2 Å². The molecule has 1 saturated carbocycles. The highest BCUT2D eigenvalue weighted by Gasteiger charge is 2.44. The highest BCUT2D eigenvalue weighted by molar-refractivity contribution is 6.09. The summed E-state index contributed by atoms with van der Waals surface area (Å²) in [7, 11) is 0. The Balaban J connectivity index is 1.99. The molecule has 4 heteroatoms. The van der Waals surface area contributed by atoms with Crippen molar-refractivity contribution in [2.24, 2.45) is 4.99 Å². The number of hydrogen-bond acceptors (Lipinski definition) is 4. The first-order chi connectivity index (χ1) is 10.6. The molecule has 22 heavy (non-hydrogen) atoms. The van der Waals surface area contributed by atoms with E-state index in [0.717, 1.165) is 12.8 Å². The Morgan fingerprint density at radius 2 is 2.09 bits per heavy atom. The second-order valence-corrected chi connectivity index (χ2v) is 5.24. The van der Waals surface area contributed by atoms with E-state index in [2.05, 4.69) is 29.0 Å². The van der Waals surface area contributed by atoms with Crippen molar-refractivity contribution in [2.75, 3.05) is 6.61 Å². The summed E-state index contributed by atoms with van der Waals surface area (Å²) in [5, 5.41) is 3.36. The van der Waals surface area contributed by atoms with Crippen LogP contribution in [0.15, 0.2) is 59.4 Å². The van der Waals surface area contributed by atoms with Crippen molar-refractivity contribution in [1.29, 1.82) is 0 Å². The second-order valence-electron chi connectivity index (χ2n) is 5.24. The molecule has 1 aromatic carbocycles. The summed E-state index contributed by atoms with van der Waals surface area (Å²) >= 11 is 0. The SMILES string of the molecule is C=C(/N=C\C(=C/C)C(=O)OCC)NC1(c2ccccc2)CC1.